The van der Waals surface area contributed by atoms with Crippen LogP contribution >= 0.6 is 0 Å². The number of benzene rings is 1. The lowest BCUT2D eigenvalue weighted by Crippen LogP contribution is -2.46. The number of nitrogens with zero attached hydrogens (tertiary/aromatic N) is 2. The van der Waals surface area contributed by atoms with Gasteiger partial charge < -0.3 is 9.64 Å². The smallest absolute Gasteiger partial charge is 0.227 e. The Morgan fingerprint density at radius 2 is 2.00 bits per heavy atom. The van der Waals surface area contributed by atoms with Crippen LogP contribution in [-0.4, -0.2) is 41.6 Å². The fraction of sp³-hybridized carbons (Fsp3) is 0.333. The zero-order valence-electron chi connectivity index (χ0n) is 12.5. The van der Waals surface area contributed by atoms with Gasteiger partial charge in [-0.05, 0) is 17.2 Å². The van der Waals surface area contributed by atoms with E-state index in [-0.39, 0.29) is 12.0 Å². The van der Waals surface area contributed by atoms with Crippen LogP contribution in [0, 0.1) is 0 Å². The maximum Gasteiger partial charge on any atom is 0.227 e. The second kappa shape index (κ2) is 7.18. The van der Waals surface area contributed by atoms with Crippen molar-refractivity contribution in [1.29, 1.82) is 0 Å². The van der Waals surface area contributed by atoms with E-state index in [0.717, 1.165) is 17.5 Å². The third kappa shape index (κ3) is 3.92. The number of carbonyl (C=O) groups is 1. The first-order valence-electron chi connectivity index (χ1n) is 7.63. The van der Waals surface area contributed by atoms with Gasteiger partial charge in [0.2, 0.25) is 5.91 Å². The molecule has 1 aliphatic rings. The fourth-order valence-electron chi connectivity index (χ4n) is 2.73. The van der Waals surface area contributed by atoms with Crippen molar-refractivity contribution >= 4 is 5.91 Å². The Kier molecular flexibility index (Phi) is 4.81. The molecular weight excluding hydrogens is 276 g/mol. The molecule has 1 aromatic heterocycles. The molecule has 0 bridgehead atoms. The van der Waals surface area contributed by atoms with Gasteiger partial charge in [0.05, 0.1) is 19.1 Å². The van der Waals surface area contributed by atoms with Crippen molar-refractivity contribution in [3.05, 3.63) is 66.0 Å². The third-order valence-corrected chi connectivity index (χ3v) is 3.88. The zero-order chi connectivity index (χ0) is 15.2. The van der Waals surface area contributed by atoms with Crippen LogP contribution in [0.15, 0.2) is 54.9 Å². The minimum absolute atomic E-state index is 0.0534. The summed E-state index contributed by atoms with van der Waals surface area (Å²) in [5.74, 6) is 0.172. The average molecular weight is 296 g/mol. The number of carbonyl (C=O) groups excluding carboxylic acids is 1. The number of pyridine rings is 1. The molecule has 114 valence electrons. The van der Waals surface area contributed by atoms with Gasteiger partial charge in [-0.1, -0.05) is 36.4 Å². The van der Waals surface area contributed by atoms with Gasteiger partial charge in [0, 0.05) is 31.9 Å². The van der Waals surface area contributed by atoms with Gasteiger partial charge in [0.1, 0.15) is 0 Å². The first-order valence-corrected chi connectivity index (χ1v) is 7.63. The molecule has 0 aliphatic carbocycles. The van der Waals surface area contributed by atoms with Crippen molar-refractivity contribution < 1.29 is 9.53 Å². The van der Waals surface area contributed by atoms with Crippen LogP contribution in [0.2, 0.25) is 0 Å². The summed E-state index contributed by atoms with van der Waals surface area (Å²) in [5.41, 5.74) is 2.20. The van der Waals surface area contributed by atoms with Crippen LogP contribution in [0.25, 0.3) is 0 Å². The number of amides is 1. The van der Waals surface area contributed by atoms with E-state index in [1.807, 2.05) is 53.6 Å². The summed E-state index contributed by atoms with van der Waals surface area (Å²) in [6.07, 6.45) is 4.93. The molecule has 1 saturated heterocycles. The van der Waals surface area contributed by atoms with Crippen LogP contribution in [0.4, 0.5) is 0 Å². The monoisotopic (exact) mass is 296 g/mol. The van der Waals surface area contributed by atoms with Crippen LogP contribution in [0.5, 0.6) is 0 Å². The number of aromatic nitrogens is 1. The molecule has 2 heterocycles. The zero-order valence-corrected chi connectivity index (χ0v) is 12.5. The average Bonchev–Trinajstić information content (AvgIpc) is 2.57. The number of ether oxygens (including phenoxy) is 1. The van der Waals surface area contributed by atoms with Crippen molar-refractivity contribution in [2.45, 2.75) is 18.9 Å². The molecule has 1 aromatic carbocycles. The number of morpholine rings is 1. The van der Waals surface area contributed by atoms with Gasteiger partial charge in [0.15, 0.2) is 0 Å². The van der Waals surface area contributed by atoms with Gasteiger partial charge in [-0.2, -0.15) is 0 Å². The minimum Gasteiger partial charge on any atom is -0.374 e. The Labute approximate surface area is 130 Å². The predicted octanol–water partition coefficient (Wildman–Crippen LogP) is 2.09. The Morgan fingerprint density at radius 3 is 2.77 bits per heavy atom. The van der Waals surface area contributed by atoms with Crippen molar-refractivity contribution in [1.82, 2.24) is 9.88 Å². The quantitative estimate of drug-likeness (QED) is 0.867. The number of hydrogen-bond donors (Lipinski definition) is 0. The van der Waals surface area contributed by atoms with E-state index in [2.05, 4.69) is 4.98 Å². The highest BCUT2D eigenvalue weighted by molar-refractivity contribution is 5.78. The second-order valence-corrected chi connectivity index (χ2v) is 5.56. The highest BCUT2D eigenvalue weighted by Crippen LogP contribution is 2.13. The molecule has 0 N–H and O–H groups in total. The van der Waals surface area contributed by atoms with Crippen LogP contribution in [0.1, 0.15) is 11.1 Å². The van der Waals surface area contributed by atoms with Gasteiger partial charge in [-0.3, -0.25) is 9.78 Å². The van der Waals surface area contributed by atoms with Gasteiger partial charge in [0.25, 0.3) is 0 Å². The number of hydrogen-bond acceptors (Lipinski definition) is 3. The van der Waals surface area contributed by atoms with E-state index >= 15 is 0 Å². The first kappa shape index (κ1) is 14.7. The predicted molar refractivity (Wildman–Crippen MR) is 84.4 cm³/mol. The Hall–Kier alpha value is -2.20. The molecule has 0 radical (unpaired) electrons. The largest absolute Gasteiger partial charge is 0.374 e. The normalized spacial score (nSPS) is 18.2. The molecular formula is C18H20N2O2. The molecule has 1 unspecified atom stereocenters. The fourth-order valence-corrected chi connectivity index (χ4v) is 2.73. The lowest BCUT2D eigenvalue weighted by molar-refractivity contribution is -0.138. The van der Waals surface area contributed by atoms with Crippen molar-refractivity contribution in [2.75, 3.05) is 19.7 Å². The van der Waals surface area contributed by atoms with E-state index in [4.69, 9.17) is 4.74 Å². The maximum atomic E-state index is 12.4. The summed E-state index contributed by atoms with van der Waals surface area (Å²) in [6, 6.07) is 13.8. The number of rotatable bonds is 4. The molecule has 0 saturated carbocycles. The molecule has 22 heavy (non-hydrogen) atoms. The molecule has 1 amide bonds. The van der Waals surface area contributed by atoms with Crippen molar-refractivity contribution in [3.8, 4) is 0 Å². The Balaban J connectivity index is 1.57. The standard InChI is InChI=1S/C18H20N2O2/c21-18(12-15-5-2-1-3-6-15)20-9-10-22-17(14-20)11-16-7-4-8-19-13-16/h1-8,13,17H,9-12,14H2. The second-order valence-electron chi connectivity index (χ2n) is 5.56. The van der Waals surface area contributed by atoms with Crippen molar-refractivity contribution in [3.63, 3.8) is 0 Å². The van der Waals surface area contributed by atoms with E-state index in [0.29, 0.717) is 26.1 Å². The van der Waals surface area contributed by atoms with E-state index < -0.39 is 0 Å². The van der Waals surface area contributed by atoms with Crippen molar-refractivity contribution in [2.24, 2.45) is 0 Å². The Bertz CT molecular complexity index is 601. The maximum absolute atomic E-state index is 12.4. The highest BCUT2D eigenvalue weighted by atomic mass is 16.5. The van der Waals surface area contributed by atoms with E-state index in [1.54, 1.807) is 6.20 Å². The lowest BCUT2D eigenvalue weighted by Gasteiger charge is -2.33. The summed E-state index contributed by atoms with van der Waals surface area (Å²) in [4.78, 5) is 18.5. The Morgan fingerprint density at radius 1 is 1.18 bits per heavy atom. The summed E-state index contributed by atoms with van der Waals surface area (Å²) >= 11 is 0. The molecule has 1 fully saturated rings. The molecule has 0 spiro atoms. The van der Waals surface area contributed by atoms with Crippen LogP contribution in [-0.2, 0) is 22.4 Å². The topological polar surface area (TPSA) is 42.4 Å². The molecule has 1 aliphatic heterocycles. The minimum atomic E-state index is 0.0534. The molecule has 4 nitrogen and oxygen atoms in total. The van der Waals surface area contributed by atoms with E-state index in [9.17, 15) is 4.79 Å². The molecule has 1 atom stereocenters. The molecule has 4 heteroatoms. The summed E-state index contributed by atoms with van der Waals surface area (Å²) in [6.45, 7) is 1.93. The summed E-state index contributed by atoms with van der Waals surface area (Å²) in [7, 11) is 0. The van der Waals surface area contributed by atoms with E-state index in [1.165, 1.54) is 0 Å². The summed E-state index contributed by atoms with van der Waals surface area (Å²) in [5, 5.41) is 0. The molecule has 3 rings (SSSR count). The third-order valence-electron chi connectivity index (χ3n) is 3.88. The molecule has 2 aromatic rings. The highest BCUT2D eigenvalue weighted by Gasteiger charge is 2.24. The lowest BCUT2D eigenvalue weighted by atomic mass is 10.1. The van der Waals surface area contributed by atoms with Gasteiger partial charge in [-0.15, -0.1) is 0 Å². The first-order chi connectivity index (χ1) is 10.8. The van der Waals surface area contributed by atoms with Gasteiger partial charge in [-0.25, -0.2) is 0 Å². The SMILES string of the molecule is O=C(Cc1ccccc1)N1CCOC(Cc2cccnc2)C1. The van der Waals surface area contributed by atoms with Crippen LogP contribution < -0.4 is 0 Å². The van der Waals surface area contributed by atoms with Gasteiger partial charge >= 0.3 is 0 Å². The summed E-state index contributed by atoms with van der Waals surface area (Å²) < 4.78 is 5.79. The van der Waals surface area contributed by atoms with Crippen LogP contribution in [0.3, 0.4) is 0 Å².